The fourth-order valence-corrected chi connectivity index (χ4v) is 5.05. The summed E-state index contributed by atoms with van der Waals surface area (Å²) in [4.78, 5) is 7.44. The molecule has 2 aliphatic rings. The molecule has 13 heteroatoms. The Morgan fingerprint density at radius 3 is 1.27 bits per heavy atom. The van der Waals surface area contributed by atoms with Gasteiger partial charge < -0.3 is 20.1 Å². The summed E-state index contributed by atoms with van der Waals surface area (Å²) >= 11 is 0. The van der Waals surface area contributed by atoms with Crippen LogP contribution in [-0.2, 0) is 12.4 Å². The van der Waals surface area contributed by atoms with Crippen LogP contribution in [0.4, 0.5) is 26.3 Å². The molecule has 0 aliphatic carbocycles. The highest BCUT2D eigenvalue weighted by atomic mass is 35.5. The van der Waals surface area contributed by atoms with E-state index in [1.807, 2.05) is 36.4 Å². The third-order valence-corrected chi connectivity index (χ3v) is 7.52. The highest BCUT2D eigenvalue weighted by Crippen LogP contribution is 2.32. The van der Waals surface area contributed by atoms with E-state index >= 15 is 0 Å². The normalized spacial score (nSPS) is 14.9. The third kappa shape index (κ3) is 11.9. The zero-order chi connectivity index (χ0) is 34.0. The average Bonchev–Trinajstić information content (AvgIpc) is 3.06. The topological polar surface area (TPSA) is 68.3 Å². The molecule has 49 heavy (non-hydrogen) atoms. The van der Waals surface area contributed by atoms with Crippen LogP contribution in [0.5, 0.6) is 23.3 Å². The van der Waals surface area contributed by atoms with Crippen molar-refractivity contribution in [1.29, 1.82) is 0 Å². The number of hydrogen-bond donors (Lipinski definition) is 2. The summed E-state index contributed by atoms with van der Waals surface area (Å²) in [5.74, 6) is 1.36. The molecule has 0 atom stereocenters. The van der Waals surface area contributed by atoms with Crippen molar-refractivity contribution < 1.29 is 35.8 Å². The Labute approximate surface area is 286 Å². The van der Waals surface area contributed by atoms with Gasteiger partial charge in [0.05, 0.1) is 11.1 Å². The summed E-state index contributed by atoms with van der Waals surface area (Å²) < 4.78 is 86.3. The van der Waals surface area contributed by atoms with Crippen LogP contribution in [-0.4, -0.2) is 36.1 Å². The first kappa shape index (κ1) is 37.4. The molecule has 6 rings (SSSR count). The Kier molecular flexibility index (Phi) is 13.2. The standard InChI is InChI=1S/2C18H17F3N2O.ClH/c2*19-18(20,21)15-4-5-17(23-12-15)24-16-3-1-2-14(11-16)10-13-6-8-22-9-7-13;/h2*1-5,10-12,22H,6-9H2;1H. The number of hydrogen-bond acceptors (Lipinski definition) is 6. The molecule has 260 valence electrons. The molecule has 0 amide bonds. The Morgan fingerprint density at radius 1 is 0.551 bits per heavy atom. The number of rotatable bonds is 6. The summed E-state index contributed by atoms with van der Waals surface area (Å²) in [6, 6.07) is 19.2. The van der Waals surface area contributed by atoms with Crippen LogP contribution in [0.25, 0.3) is 12.2 Å². The van der Waals surface area contributed by atoms with Crippen LogP contribution in [0.15, 0.2) is 96.3 Å². The van der Waals surface area contributed by atoms with Crippen molar-refractivity contribution in [3.63, 3.8) is 0 Å². The number of nitrogens with zero attached hydrogens (tertiary/aromatic N) is 2. The van der Waals surface area contributed by atoms with Gasteiger partial charge in [-0.25, -0.2) is 9.97 Å². The number of pyridine rings is 2. The average molecular weight is 705 g/mol. The quantitative estimate of drug-likeness (QED) is 0.195. The van der Waals surface area contributed by atoms with Gasteiger partial charge in [-0.15, -0.1) is 12.4 Å². The van der Waals surface area contributed by atoms with Crippen molar-refractivity contribution in [2.75, 3.05) is 26.2 Å². The number of alkyl halides is 6. The van der Waals surface area contributed by atoms with Gasteiger partial charge in [0.1, 0.15) is 11.5 Å². The van der Waals surface area contributed by atoms with E-state index in [1.165, 1.54) is 23.3 Å². The fourth-order valence-electron chi connectivity index (χ4n) is 5.05. The summed E-state index contributed by atoms with van der Waals surface area (Å²) in [7, 11) is 0. The lowest BCUT2D eigenvalue weighted by Gasteiger charge is -2.15. The van der Waals surface area contributed by atoms with E-state index in [0.717, 1.165) is 87.5 Å². The lowest BCUT2D eigenvalue weighted by atomic mass is 10.0. The van der Waals surface area contributed by atoms with Crippen molar-refractivity contribution in [2.45, 2.75) is 38.0 Å². The Bertz CT molecular complexity index is 1570. The van der Waals surface area contributed by atoms with Crippen LogP contribution >= 0.6 is 12.4 Å². The van der Waals surface area contributed by atoms with Crippen molar-refractivity contribution in [1.82, 2.24) is 20.6 Å². The zero-order valence-electron chi connectivity index (χ0n) is 26.3. The number of nitrogens with one attached hydrogen (secondary N) is 2. The molecule has 2 aromatic carbocycles. The Morgan fingerprint density at radius 2 is 0.939 bits per heavy atom. The van der Waals surface area contributed by atoms with Gasteiger partial charge >= 0.3 is 12.4 Å². The van der Waals surface area contributed by atoms with Crippen LogP contribution in [0.1, 0.15) is 47.9 Å². The monoisotopic (exact) mass is 704 g/mol. The van der Waals surface area contributed by atoms with E-state index in [-0.39, 0.29) is 24.2 Å². The molecule has 0 saturated carbocycles. The minimum atomic E-state index is -4.40. The van der Waals surface area contributed by atoms with Crippen LogP contribution in [0.2, 0.25) is 0 Å². The molecule has 0 bridgehead atoms. The first-order valence-corrected chi connectivity index (χ1v) is 15.4. The minimum Gasteiger partial charge on any atom is -0.439 e. The lowest BCUT2D eigenvalue weighted by molar-refractivity contribution is -0.138. The SMILES string of the molecule is Cl.FC(F)(F)c1ccc(Oc2cccc(C=C3CCNCC3)c2)nc1.FC(F)(F)c1ccc(Oc2cccc(C=C3CCNCC3)c2)nc1. The van der Waals surface area contributed by atoms with E-state index < -0.39 is 23.5 Å². The number of halogens is 7. The van der Waals surface area contributed by atoms with Crippen molar-refractivity contribution in [3.8, 4) is 23.3 Å². The lowest BCUT2D eigenvalue weighted by Crippen LogP contribution is -2.22. The highest BCUT2D eigenvalue weighted by molar-refractivity contribution is 5.85. The van der Waals surface area contributed by atoms with E-state index in [4.69, 9.17) is 9.47 Å². The molecule has 0 spiro atoms. The molecule has 2 aromatic heterocycles. The van der Waals surface area contributed by atoms with Gasteiger partial charge in [-0.2, -0.15) is 26.3 Å². The fraction of sp³-hybridized carbons (Fsp3) is 0.278. The molecule has 0 radical (unpaired) electrons. The molecule has 0 unspecified atom stereocenters. The summed E-state index contributed by atoms with van der Waals surface area (Å²) in [5, 5.41) is 6.61. The molecule has 2 aliphatic heterocycles. The summed E-state index contributed by atoms with van der Waals surface area (Å²) in [6.45, 7) is 3.93. The molecule has 2 N–H and O–H groups in total. The zero-order valence-corrected chi connectivity index (χ0v) is 27.1. The van der Waals surface area contributed by atoms with Crippen molar-refractivity contribution >= 4 is 24.6 Å². The number of ether oxygens (including phenoxy) is 2. The molecule has 2 saturated heterocycles. The Balaban J connectivity index is 0.000000216. The molecule has 6 nitrogen and oxygen atoms in total. The summed E-state index contributed by atoms with van der Waals surface area (Å²) in [6.07, 6.45) is 1.10. The second kappa shape index (κ2) is 17.3. The molecular weight excluding hydrogens is 670 g/mol. The summed E-state index contributed by atoms with van der Waals surface area (Å²) in [5.41, 5.74) is 3.18. The number of benzene rings is 2. The largest absolute Gasteiger partial charge is 0.439 e. The van der Waals surface area contributed by atoms with Crippen LogP contribution < -0.4 is 20.1 Å². The van der Waals surface area contributed by atoms with E-state index in [2.05, 4.69) is 32.8 Å². The predicted molar refractivity (Wildman–Crippen MR) is 179 cm³/mol. The van der Waals surface area contributed by atoms with Gasteiger partial charge in [0.25, 0.3) is 0 Å². The number of piperidine rings is 2. The van der Waals surface area contributed by atoms with Gasteiger partial charge in [-0.1, -0.05) is 47.6 Å². The van der Waals surface area contributed by atoms with Gasteiger partial charge in [0.15, 0.2) is 0 Å². The van der Waals surface area contributed by atoms with E-state index in [9.17, 15) is 26.3 Å². The van der Waals surface area contributed by atoms with Crippen molar-refractivity contribution in [2.24, 2.45) is 0 Å². The number of aromatic nitrogens is 2. The molecule has 4 heterocycles. The maximum atomic E-state index is 12.5. The highest BCUT2D eigenvalue weighted by Gasteiger charge is 2.31. The Hall–Kier alpha value is -4.39. The van der Waals surface area contributed by atoms with Crippen LogP contribution in [0.3, 0.4) is 0 Å². The molecule has 2 fully saturated rings. The maximum Gasteiger partial charge on any atom is 0.417 e. The van der Waals surface area contributed by atoms with Gasteiger partial charge in [0, 0.05) is 24.5 Å². The second-order valence-corrected chi connectivity index (χ2v) is 11.2. The van der Waals surface area contributed by atoms with Crippen LogP contribution in [0, 0.1) is 0 Å². The first-order valence-electron chi connectivity index (χ1n) is 15.4. The van der Waals surface area contributed by atoms with Gasteiger partial charge in [-0.05, 0) is 99.4 Å². The van der Waals surface area contributed by atoms with Gasteiger partial charge in [-0.3, -0.25) is 0 Å². The van der Waals surface area contributed by atoms with Crippen molar-refractivity contribution in [3.05, 3.63) is 119 Å². The van der Waals surface area contributed by atoms with E-state index in [0.29, 0.717) is 11.5 Å². The first-order chi connectivity index (χ1) is 23.0. The smallest absolute Gasteiger partial charge is 0.417 e. The predicted octanol–water partition coefficient (Wildman–Crippen LogP) is 9.74. The van der Waals surface area contributed by atoms with E-state index in [1.54, 1.807) is 12.1 Å². The third-order valence-electron chi connectivity index (χ3n) is 7.52. The maximum absolute atomic E-state index is 12.5. The molecular formula is C36H35ClF6N4O2. The minimum absolute atomic E-state index is 0. The van der Waals surface area contributed by atoms with Gasteiger partial charge in [0.2, 0.25) is 11.8 Å². The molecule has 4 aromatic rings. The second-order valence-electron chi connectivity index (χ2n) is 11.2.